The highest BCUT2D eigenvalue weighted by atomic mass is 32.2. The van der Waals surface area contributed by atoms with Crippen LogP contribution in [0.2, 0.25) is 0 Å². The fourth-order valence-corrected chi connectivity index (χ4v) is 4.95. The normalized spacial score (nSPS) is 15.7. The smallest absolute Gasteiger partial charge is 0.281 e. The first-order valence-electron chi connectivity index (χ1n) is 8.93. The average Bonchev–Trinajstić information content (AvgIpc) is 2.96. The van der Waals surface area contributed by atoms with Gasteiger partial charge in [-0.15, -0.1) is 4.83 Å². The maximum atomic E-state index is 12.8. The summed E-state index contributed by atoms with van der Waals surface area (Å²) in [7, 11) is -2.43. The summed E-state index contributed by atoms with van der Waals surface area (Å²) >= 11 is 6.22. The summed E-state index contributed by atoms with van der Waals surface area (Å²) < 4.78 is 36.1. The van der Waals surface area contributed by atoms with Gasteiger partial charge in [-0.3, -0.25) is 4.79 Å². The molecule has 10 heteroatoms. The number of thiocarbonyl (C=S) groups is 1. The van der Waals surface area contributed by atoms with Crippen LogP contribution in [0.4, 0.5) is 0 Å². The van der Waals surface area contributed by atoms with Crippen LogP contribution >= 0.6 is 24.0 Å². The minimum Gasteiger partial charge on any atom is -0.493 e. The van der Waals surface area contributed by atoms with Crippen LogP contribution < -0.4 is 14.3 Å². The number of nitrogens with zero attached hydrogens (tertiary/aromatic N) is 1. The number of aryl methyl sites for hydroxylation is 1. The number of amides is 1. The molecule has 1 heterocycles. The second kappa shape index (κ2) is 9.17. The number of methoxy groups -OCH3 is 1. The van der Waals surface area contributed by atoms with Gasteiger partial charge in [-0.1, -0.05) is 47.7 Å². The minimum atomic E-state index is -3.95. The summed E-state index contributed by atoms with van der Waals surface area (Å²) in [5.41, 5.74) is 1.62. The number of ether oxygens (including phenoxy) is 2. The molecule has 0 radical (unpaired) electrons. The van der Waals surface area contributed by atoms with Crippen LogP contribution in [-0.2, 0) is 14.8 Å². The van der Waals surface area contributed by atoms with Crippen LogP contribution in [0.1, 0.15) is 18.1 Å². The van der Waals surface area contributed by atoms with E-state index in [1.165, 1.54) is 19.2 Å². The Morgan fingerprint density at radius 1 is 1.17 bits per heavy atom. The molecule has 0 aliphatic carbocycles. The van der Waals surface area contributed by atoms with Crippen molar-refractivity contribution in [2.24, 2.45) is 0 Å². The highest BCUT2D eigenvalue weighted by molar-refractivity contribution is 8.26. The molecular weight excluding hydrogens is 444 g/mol. The van der Waals surface area contributed by atoms with E-state index in [1.807, 2.05) is 13.8 Å². The van der Waals surface area contributed by atoms with Gasteiger partial charge < -0.3 is 9.47 Å². The van der Waals surface area contributed by atoms with Gasteiger partial charge in [0.1, 0.15) is 0 Å². The fraction of sp³-hybridized carbons (Fsp3) is 0.200. The van der Waals surface area contributed by atoms with Crippen LogP contribution in [-0.4, -0.2) is 37.4 Å². The molecule has 0 bridgehead atoms. The number of benzene rings is 2. The molecule has 2 aromatic rings. The Balaban J connectivity index is 1.83. The van der Waals surface area contributed by atoms with Crippen molar-refractivity contribution in [3.05, 3.63) is 58.5 Å². The maximum Gasteiger partial charge on any atom is 0.281 e. The minimum absolute atomic E-state index is 0.0439. The molecule has 1 amide bonds. The first-order chi connectivity index (χ1) is 14.2. The number of thioether (sulfide) groups is 1. The number of carbonyl (C=O) groups is 1. The zero-order valence-electron chi connectivity index (χ0n) is 16.5. The Hall–Kier alpha value is -2.40. The van der Waals surface area contributed by atoms with Crippen LogP contribution in [0.25, 0.3) is 6.08 Å². The molecule has 30 heavy (non-hydrogen) atoms. The average molecular weight is 465 g/mol. The maximum absolute atomic E-state index is 12.8. The van der Waals surface area contributed by atoms with E-state index in [4.69, 9.17) is 21.7 Å². The quantitative estimate of drug-likeness (QED) is 0.496. The van der Waals surface area contributed by atoms with Gasteiger partial charge in [-0.25, -0.2) is 13.4 Å². The van der Waals surface area contributed by atoms with Crippen molar-refractivity contribution < 1.29 is 22.7 Å². The zero-order valence-corrected chi connectivity index (χ0v) is 19.0. The van der Waals surface area contributed by atoms with Crippen LogP contribution in [0.5, 0.6) is 11.5 Å². The van der Waals surface area contributed by atoms with Gasteiger partial charge in [0.15, 0.2) is 15.8 Å². The third-order valence-corrected chi connectivity index (χ3v) is 6.74. The Kier molecular flexibility index (Phi) is 6.81. The van der Waals surface area contributed by atoms with Gasteiger partial charge in [0.25, 0.3) is 15.9 Å². The molecule has 0 spiro atoms. The van der Waals surface area contributed by atoms with E-state index in [9.17, 15) is 13.2 Å². The molecule has 1 aliphatic heterocycles. The lowest BCUT2D eigenvalue weighted by molar-refractivity contribution is -0.123. The Morgan fingerprint density at radius 2 is 1.87 bits per heavy atom. The third-order valence-electron chi connectivity index (χ3n) is 4.12. The predicted octanol–water partition coefficient (Wildman–Crippen LogP) is 3.50. The molecule has 3 rings (SSSR count). The van der Waals surface area contributed by atoms with Crippen LogP contribution in [0, 0.1) is 6.92 Å². The van der Waals surface area contributed by atoms with Crippen molar-refractivity contribution in [1.82, 2.24) is 9.84 Å². The SMILES string of the molecule is CCOc1ccc(/C=C2/SC(=S)N(NS(=O)(=O)c3ccc(C)cc3)C2=O)cc1OC. The summed E-state index contributed by atoms with van der Waals surface area (Å²) in [6.07, 6.45) is 1.62. The molecule has 0 saturated carbocycles. The summed E-state index contributed by atoms with van der Waals surface area (Å²) in [5, 5.41) is 0.868. The van der Waals surface area contributed by atoms with E-state index in [0.29, 0.717) is 23.7 Å². The van der Waals surface area contributed by atoms with Crippen molar-refractivity contribution in [3.8, 4) is 11.5 Å². The molecule has 2 aromatic carbocycles. The van der Waals surface area contributed by atoms with Gasteiger partial charge in [0.2, 0.25) is 0 Å². The molecule has 1 fully saturated rings. The van der Waals surface area contributed by atoms with Crippen molar-refractivity contribution >= 4 is 50.3 Å². The predicted molar refractivity (Wildman–Crippen MR) is 121 cm³/mol. The molecule has 1 saturated heterocycles. The highest BCUT2D eigenvalue weighted by Gasteiger charge is 2.35. The lowest BCUT2D eigenvalue weighted by Crippen LogP contribution is -2.44. The molecule has 1 aliphatic rings. The van der Waals surface area contributed by atoms with Gasteiger partial charge in [-0.2, -0.15) is 0 Å². The number of rotatable bonds is 7. The highest BCUT2D eigenvalue weighted by Crippen LogP contribution is 2.34. The second-order valence-electron chi connectivity index (χ2n) is 6.27. The Labute approximate surface area is 185 Å². The number of nitrogens with one attached hydrogen (secondary N) is 1. The largest absolute Gasteiger partial charge is 0.493 e. The van der Waals surface area contributed by atoms with Crippen molar-refractivity contribution in [1.29, 1.82) is 0 Å². The first-order valence-corrected chi connectivity index (χ1v) is 11.6. The number of sulfonamides is 1. The molecular formula is C20H20N2O5S3. The first kappa shape index (κ1) is 22.3. The van der Waals surface area contributed by atoms with Crippen molar-refractivity contribution in [2.45, 2.75) is 18.7 Å². The van der Waals surface area contributed by atoms with Gasteiger partial charge in [-0.05, 0) is 49.8 Å². The van der Waals surface area contributed by atoms with E-state index in [0.717, 1.165) is 22.3 Å². The van der Waals surface area contributed by atoms with Crippen LogP contribution in [0.3, 0.4) is 0 Å². The molecule has 7 nitrogen and oxygen atoms in total. The summed E-state index contributed by atoms with van der Waals surface area (Å²) in [5.74, 6) is 0.574. The van der Waals surface area contributed by atoms with E-state index in [2.05, 4.69) is 4.83 Å². The van der Waals surface area contributed by atoms with E-state index < -0.39 is 15.9 Å². The number of carbonyl (C=O) groups excluding carboxylic acids is 1. The molecule has 1 N–H and O–H groups in total. The van der Waals surface area contributed by atoms with Gasteiger partial charge in [0, 0.05) is 0 Å². The summed E-state index contributed by atoms with van der Waals surface area (Å²) in [4.78, 5) is 15.4. The van der Waals surface area contributed by atoms with E-state index in [1.54, 1.807) is 36.4 Å². The van der Waals surface area contributed by atoms with Gasteiger partial charge in [0.05, 0.1) is 23.5 Å². The molecule has 0 atom stereocenters. The van der Waals surface area contributed by atoms with Crippen molar-refractivity contribution in [2.75, 3.05) is 13.7 Å². The molecule has 0 aromatic heterocycles. The summed E-state index contributed by atoms with van der Waals surface area (Å²) in [6, 6.07) is 11.5. The monoisotopic (exact) mass is 464 g/mol. The number of hydrogen-bond donors (Lipinski definition) is 1. The lowest BCUT2D eigenvalue weighted by Gasteiger charge is -2.16. The van der Waals surface area contributed by atoms with Crippen molar-refractivity contribution in [3.63, 3.8) is 0 Å². The fourth-order valence-electron chi connectivity index (χ4n) is 2.64. The number of hydrogen-bond acceptors (Lipinski definition) is 7. The van der Waals surface area contributed by atoms with Crippen LogP contribution in [0.15, 0.2) is 52.3 Å². The molecule has 0 unspecified atom stereocenters. The Bertz CT molecular complexity index is 1110. The Morgan fingerprint density at radius 3 is 2.50 bits per heavy atom. The van der Waals surface area contributed by atoms with E-state index >= 15 is 0 Å². The zero-order chi connectivity index (χ0) is 21.9. The number of hydrazine groups is 1. The lowest BCUT2D eigenvalue weighted by atomic mass is 10.2. The van der Waals surface area contributed by atoms with E-state index in [-0.39, 0.29) is 14.1 Å². The summed E-state index contributed by atoms with van der Waals surface area (Å²) in [6.45, 7) is 4.22. The molecule has 158 valence electrons. The topological polar surface area (TPSA) is 84.9 Å². The van der Waals surface area contributed by atoms with Gasteiger partial charge >= 0.3 is 0 Å². The third kappa shape index (κ3) is 4.84. The second-order valence-corrected chi connectivity index (χ2v) is 9.60. The standard InChI is InChI=1S/C20H20N2O5S3/c1-4-27-16-10-7-14(11-17(16)26-3)12-18-19(23)22(20(28)29-18)21-30(24,25)15-8-5-13(2)6-9-15/h5-12,21H,4H2,1-3H3/b18-12+.